The summed E-state index contributed by atoms with van der Waals surface area (Å²) in [6, 6.07) is 4.12. The molecule has 0 unspecified atom stereocenters. The van der Waals surface area contributed by atoms with Crippen molar-refractivity contribution in [2.45, 2.75) is 19.3 Å². The molecule has 0 saturated heterocycles. The molecule has 0 N–H and O–H groups in total. The van der Waals surface area contributed by atoms with Crippen LogP contribution in [0.4, 0.5) is 8.78 Å². The standard InChI is InChI=1S/C10H9F2/c11-9-5-4-8(6-10(9)12)7-2-1-3-7/h4-6H,1-3H2. The number of benzene rings is 1. The maximum atomic E-state index is 12.7. The molecule has 0 amide bonds. The van der Waals surface area contributed by atoms with Crippen molar-refractivity contribution < 1.29 is 8.78 Å². The third-order valence-electron chi connectivity index (χ3n) is 2.28. The molecular weight excluding hydrogens is 158 g/mol. The smallest absolute Gasteiger partial charge is 0.159 e. The Bertz CT molecular complexity index is 290. The predicted octanol–water partition coefficient (Wildman–Crippen LogP) is 3.07. The van der Waals surface area contributed by atoms with Gasteiger partial charge in [0.05, 0.1) is 0 Å². The topological polar surface area (TPSA) is 0 Å². The van der Waals surface area contributed by atoms with Crippen LogP contribution in [0.1, 0.15) is 24.8 Å². The first-order chi connectivity index (χ1) is 5.77. The Labute approximate surface area is 70.2 Å². The average Bonchev–Trinajstić information content (AvgIpc) is 1.93. The van der Waals surface area contributed by atoms with Gasteiger partial charge in [0.15, 0.2) is 11.6 Å². The lowest BCUT2D eigenvalue weighted by Gasteiger charge is -2.24. The summed E-state index contributed by atoms with van der Waals surface area (Å²) in [4.78, 5) is 0. The number of halogens is 2. The second-order valence-corrected chi connectivity index (χ2v) is 3.09. The van der Waals surface area contributed by atoms with Gasteiger partial charge in [-0.25, -0.2) is 8.78 Å². The Morgan fingerprint density at radius 1 is 1.00 bits per heavy atom. The maximum Gasteiger partial charge on any atom is 0.159 e. The van der Waals surface area contributed by atoms with Crippen LogP contribution < -0.4 is 0 Å². The molecule has 1 aromatic carbocycles. The van der Waals surface area contributed by atoms with Gasteiger partial charge >= 0.3 is 0 Å². The fourth-order valence-electron chi connectivity index (χ4n) is 1.36. The normalized spacial score (nSPS) is 17.5. The van der Waals surface area contributed by atoms with Crippen molar-refractivity contribution in [3.05, 3.63) is 41.3 Å². The summed E-state index contributed by atoms with van der Waals surface area (Å²) in [6.45, 7) is 0. The van der Waals surface area contributed by atoms with E-state index in [4.69, 9.17) is 0 Å². The number of hydrogen-bond acceptors (Lipinski definition) is 0. The van der Waals surface area contributed by atoms with Gasteiger partial charge in [0.2, 0.25) is 0 Å². The van der Waals surface area contributed by atoms with Crippen LogP contribution in [0.3, 0.4) is 0 Å². The van der Waals surface area contributed by atoms with Crippen molar-refractivity contribution >= 4 is 0 Å². The Morgan fingerprint density at radius 2 is 1.75 bits per heavy atom. The third-order valence-corrected chi connectivity index (χ3v) is 2.28. The molecule has 0 aliphatic heterocycles. The van der Waals surface area contributed by atoms with E-state index in [1.54, 1.807) is 6.07 Å². The fraction of sp³-hybridized carbons (Fsp3) is 0.300. The summed E-state index contributed by atoms with van der Waals surface area (Å²) in [5, 5.41) is 0. The van der Waals surface area contributed by atoms with Crippen LogP contribution in [0.2, 0.25) is 0 Å². The summed E-state index contributed by atoms with van der Waals surface area (Å²) in [5.41, 5.74) is 0.861. The van der Waals surface area contributed by atoms with Gasteiger partial charge in [-0.05, 0) is 30.5 Å². The first kappa shape index (κ1) is 7.71. The van der Waals surface area contributed by atoms with E-state index in [1.165, 1.54) is 24.5 Å². The van der Waals surface area contributed by atoms with Crippen LogP contribution in [0.15, 0.2) is 18.2 Å². The number of hydrogen-bond donors (Lipinski definition) is 0. The lowest BCUT2D eigenvalue weighted by molar-refractivity contribution is 0.503. The molecule has 63 valence electrons. The highest BCUT2D eigenvalue weighted by atomic mass is 19.2. The van der Waals surface area contributed by atoms with Crippen LogP contribution in [0.25, 0.3) is 0 Å². The van der Waals surface area contributed by atoms with E-state index < -0.39 is 11.6 Å². The van der Waals surface area contributed by atoms with Crippen molar-refractivity contribution in [2.75, 3.05) is 0 Å². The molecular formula is C10H9F2. The van der Waals surface area contributed by atoms with E-state index in [2.05, 4.69) is 0 Å². The van der Waals surface area contributed by atoms with Crippen LogP contribution in [-0.4, -0.2) is 0 Å². The molecule has 0 atom stereocenters. The van der Waals surface area contributed by atoms with E-state index >= 15 is 0 Å². The van der Waals surface area contributed by atoms with Gasteiger partial charge in [0.25, 0.3) is 0 Å². The average molecular weight is 167 g/mol. The molecule has 1 radical (unpaired) electrons. The van der Waals surface area contributed by atoms with E-state index in [0.29, 0.717) is 0 Å². The molecule has 0 spiro atoms. The molecule has 1 aliphatic carbocycles. The molecule has 1 aliphatic rings. The van der Waals surface area contributed by atoms with Crippen molar-refractivity contribution in [3.63, 3.8) is 0 Å². The predicted molar refractivity (Wildman–Crippen MR) is 42.6 cm³/mol. The Balaban J connectivity index is 2.27. The maximum absolute atomic E-state index is 12.7. The van der Waals surface area contributed by atoms with Gasteiger partial charge in [0, 0.05) is 5.92 Å². The summed E-state index contributed by atoms with van der Waals surface area (Å²) in [6.07, 6.45) is 3.24. The second-order valence-electron chi connectivity index (χ2n) is 3.09. The Kier molecular flexibility index (Phi) is 1.83. The molecule has 12 heavy (non-hydrogen) atoms. The van der Waals surface area contributed by atoms with Crippen molar-refractivity contribution in [1.29, 1.82) is 0 Å². The lowest BCUT2D eigenvalue weighted by atomic mass is 9.80. The highest BCUT2D eigenvalue weighted by molar-refractivity contribution is 5.33. The molecule has 0 heterocycles. The molecule has 0 bridgehead atoms. The highest BCUT2D eigenvalue weighted by Gasteiger charge is 2.20. The molecule has 0 aromatic heterocycles. The minimum atomic E-state index is -0.765. The highest BCUT2D eigenvalue weighted by Crippen LogP contribution is 2.35. The second kappa shape index (κ2) is 2.85. The summed E-state index contributed by atoms with van der Waals surface area (Å²) in [7, 11) is 0. The zero-order valence-electron chi connectivity index (χ0n) is 6.61. The quantitative estimate of drug-likeness (QED) is 0.603. The van der Waals surface area contributed by atoms with Gasteiger partial charge in [-0.2, -0.15) is 0 Å². The summed E-state index contributed by atoms with van der Waals surface area (Å²) >= 11 is 0. The largest absolute Gasteiger partial charge is 0.204 e. The molecule has 1 fully saturated rings. The van der Waals surface area contributed by atoms with Gasteiger partial charge in [-0.1, -0.05) is 12.5 Å². The van der Waals surface area contributed by atoms with Crippen LogP contribution in [0.5, 0.6) is 0 Å². The first-order valence-electron chi connectivity index (χ1n) is 4.07. The van der Waals surface area contributed by atoms with E-state index in [-0.39, 0.29) is 0 Å². The third kappa shape index (κ3) is 1.22. The lowest BCUT2D eigenvalue weighted by Crippen LogP contribution is -2.10. The van der Waals surface area contributed by atoms with Gasteiger partial charge in [-0.15, -0.1) is 0 Å². The van der Waals surface area contributed by atoms with Crippen molar-refractivity contribution in [1.82, 2.24) is 0 Å². The minimum Gasteiger partial charge on any atom is -0.204 e. The molecule has 1 saturated carbocycles. The molecule has 0 nitrogen and oxygen atoms in total. The van der Waals surface area contributed by atoms with Gasteiger partial charge in [-0.3, -0.25) is 0 Å². The Morgan fingerprint density at radius 3 is 2.25 bits per heavy atom. The first-order valence-corrected chi connectivity index (χ1v) is 4.07. The zero-order valence-corrected chi connectivity index (χ0v) is 6.61. The molecule has 2 heteroatoms. The Hall–Kier alpha value is -0.920. The van der Waals surface area contributed by atoms with Crippen LogP contribution >= 0.6 is 0 Å². The van der Waals surface area contributed by atoms with Gasteiger partial charge < -0.3 is 0 Å². The number of rotatable bonds is 1. The zero-order chi connectivity index (χ0) is 8.55. The summed E-state index contributed by atoms with van der Waals surface area (Å²) < 4.78 is 25.2. The van der Waals surface area contributed by atoms with Gasteiger partial charge in [0.1, 0.15) is 0 Å². The van der Waals surface area contributed by atoms with Crippen LogP contribution in [0, 0.1) is 17.6 Å². The minimum absolute atomic E-state index is 0.744. The van der Waals surface area contributed by atoms with E-state index in [0.717, 1.165) is 18.4 Å². The molecule has 1 aromatic rings. The molecule has 2 rings (SSSR count). The SMILES string of the molecule is Fc1ccc([C]2CCC2)cc1F. The van der Waals surface area contributed by atoms with E-state index in [9.17, 15) is 8.78 Å². The van der Waals surface area contributed by atoms with E-state index in [1.807, 2.05) is 0 Å². The fourth-order valence-corrected chi connectivity index (χ4v) is 1.36. The van der Waals surface area contributed by atoms with Crippen molar-refractivity contribution in [2.24, 2.45) is 0 Å². The monoisotopic (exact) mass is 167 g/mol. The summed E-state index contributed by atoms with van der Waals surface area (Å²) in [5.74, 6) is -0.264. The van der Waals surface area contributed by atoms with Crippen molar-refractivity contribution in [3.8, 4) is 0 Å². The van der Waals surface area contributed by atoms with Crippen LogP contribution in [-0.2, 0) is 0 Å².